The normalized spacial score (nSPS) is 12.1. The minimum absolute atomic E-state index is 0.205. The van der Waals surface area contributed by atoms with Gasteiger partial charge in [-0.25, -0.2) is 0 Å². The van der Waals surface area contributed by atoms with Crippen molar-refractivity contribution in [1.29, 1.82) is 0 Å². The molecule has 0 saturated carbocycles. The summed E-state index contributed by atoms with van der Waals surface area (Å²) >= 11 is 9.55. The van der Waals surface area contributed by atoms with Crippen LogP contribution in [0.2, 0.25) is 5.02 Å². The van der Waals surface area contributed by atoms with Crippen LogP contribution in [-0.2, 0) is 16.1 Å². The van der Waals surface area contributed by atoms with Gasteiger partial charge in [0.15, 0.2) is 6.61 Å². The molecule has 8 heteroatoms. The Morgan fingerprint density at radius 2 is 1.81 bits per heavy atom. The second kappa shape index (κ2) is 11.6. The molecule has 2 aromatic carbocycles. The Bertz CT molecular complexity index is 929. The molecule has 0 aliphatic carbocycles. The molecule has 0 aliphatic rings. The molecule has 1 N–H and O–H groups in total. The van der Waals surface area contributed by atoms with Gasteiger partial charge in [0.2, 0.25) is 5.91 Å². The highest BCUT2D eigenvalue weighted by molar-refractivity contribution is 9.10. The third kappa shape index (κ3) is 7.71. The van der Waals surface area contributed by atoms with Crippen molar-refractivity contribution in [2.45, 2.75) is 52.2 Å². The van der Waals surface area contributed by atoms with Gasteiger partial charge in [-0.05, 0) is 63.1 Å². The van der Waals surface area contributed by atoms with Gasteiger partial charge in [0.25, 0.3) is 5.91 Å². The highest BCUT2D eigenvalue weighted by Gasteiger charge is 2.31. The summed E-state index contributed by atoms with van der Waals surface area (Å²) in [7, 11) is 1.60. The lowest BCUT2D eigenvalue weighted by atomic mass is 10.1. The number of nitrogens with one attached hydrogen (secondary N) is 1. The van der Waals surface area contributed by atoms with Crippen LogP contribution in [-0.4, -0.2) is 42.0 Å². The highest BCUT2D eigenvalue weighted by atomic mass is 79.9. The highest BCUT2D eigenvalue weighted by Crippen LogP contribution is 2.28. The van der Waals surface area contributed by atoms with E-state index >= 15 is 0 Å². The number of ether oxygens (including phenoxy) is 2. The zero-order valence-electron chi connectivity index (χ0n) is 19.1. The molecule has 0 fully saturated rings. The molecule has 0 aliphatic heterocycles. The molecule has 2 aromatic rings. The van der Waals surface area contributed by atoms with Gasteiger partial charge in [-0.2, -0.15) is 0 Å². The van der Waals surface area contributed by atoms with Crippen LogP contribution in [0.5, 0.6) is 11.5 Å². The minimum Gasteiger partial charge on any atom is -0.497 e. The van der Waals surface area contributed by atoms with Gasteiger partial charge >= 0.3 is 0 Å². The van der Waals surface area contributed by atoms with Gasteiger partial charge in [-0.15, -0.1) is 0 Å². The molecule has 2 rings (SSSR count). The van der Waals surface area contributed by atoms with Crippen molar-refractivity contribution < 1.29 is 19.1 Å². The maximum Gasteiger partial charge on any atom is 0.261 e. The number of halogens is 2. The fourth-order valence-corrected chi connectivity index (χ4v) is 3.84. The van der Waals surface area contributed by atoms with Crippen molar-refractivity contribution in [3.8, 4) is 11.5 Å². The van der Waals surface area contributed by atoms with Gasteiger partial charge in [-0.3, -0.25) is 9.59 Å². The van der Waals surface area contributed by atoms with E-state index in [2.05, 4.69) is 21.2 Å². The summed E-state index contributed by atoms with van der Waals surface area (Å²) in [5, 5.41) is 3.37. The molecule has 0 heterocycles. The van der Waals surface area contributed by atoms with E-state index < -0.39 is 11.6 Å². The third-order valence-corrected chi connectivity index (χ3v) is 5.43. The van der Waals surface area contributed by atoms with E-state index in [0.717, 1.165) is 15.8 Å². The third-order valence-electron chi connectivity index (χ3n) is 4.64. The number of amides is 2. The number of nitrogens with zero attached hydrogens (tertiary/aromatic N) is 1. The van der Waals surface area contributed by atoms with Crippen LogP contribution >= 0.6 is 27.5 Å². The summed E-state index contributed by atoms with van der Waals surface area (Å²) in [4.78, 5) is 27.8. The largest absolute Gasteiger partial charge is 0.497 e. The van der Waals surface area contributed by atoms with Crippen LogP contribution in [0.25, 0.3) is 0 Å². The Morgan fingerprint density at radius 3 is 2.34 bits per heavy atom. The van der Waals surface area contributed by atoms with E-state index in [0.29, 0.717) is 17.2 Å². The summed E-state index contributed by atoms with van der Waals surface area (Å²) in [6, 6.07) is 11.9. The Kier molecular flexibility index (Phi) is 9.40. The Morgan fingerprint density at radius 1 is 1.16 bits per heavy atom. The Hall–Kier alpha value is -2.25. The summed E-state index contributed by atoms with van der Waals surface area (Å²) in [5.74, 6) is 0.608. The van der Waals surface area contributed by atoms with Crippen molar-refractivity contribution in [2.24, 2.45) is 0 Å². The predicted molar refractivity (Wildman–Crippen MR) is 130 cm³/mol. The maximum absolute atomic E-state index is 13.2. The first kappa shape index (κ1) is 26.0. The molecule has 174 valence electrons. The number of rotatable bonds is 9. The summed E-state index contributed by atoms with van der Waals surface area (Å²) in [6.07, 6.45) is 0.461. The molecule has 0 aromatic heterocycles. The second-order valence-corrected chi connectivity index (χ2v) is 9.72. The quantitative estimate of drug-likeness (QED) is 0.488. The number of benzene rings is 2. The zero-order valence-corrected chi connectivity index (χ0v) is 21.4. The van der Waals surface area contributed by atoms with Crippen molar-refractivity contribution in [3.63, 3.8) is 0 Å². The summed E-state index contributed by atoms with van der Waals surface area (Å²) < 4.78 is 11.7. The van der Waals surface area contributed by atoms with Crippen molar-refractivity contribution in [2.75, 3.05) is 13.7 Å². The maximum atomic E-state index is 13.2. The molecule has 0 bridgehead atoms. The van der Waals surface area contributed by atoms with Crippen LogP contribution < -0.4 is 14.8 Å². The first-order chi connectivity index (χ1) is 15.0. The lowest BCUT2D eigenvalue weighted by Gasteiger charge is -2.33. The zero-order chi connectivity index (χ0) is 23.9. The van der Waals surface area contributed by atoms with Gasteiger partial charge in [-0.1, -0.05) is 46.6 Å². The van der Waals surface area contributed by atoms with Crippen LogP contribution in [0.3, 0.4) is 0 Å². The first-order valence-electron chi connectivity index (χ1n) is 10.4. The predicted octanol–water partition coefficient (Wildman–Crippen LogP) is 5.21. The fourth-order valence-electron chi connectivity index (χ4n) is 3.11. The molecule has 0 saturated heterocycles. The number of carbonyl (C=O) groups is 2. The molecule has 2 amide bonds. The van der Waals surface area contributed by atoms with E-state index in [9.17, 15) is 9.59 Å². The number of methoxy groups -OCH3 is 1. The molecule has 32 heavy (non-hydrogen) atoms. The topological polar surface area (TPSA) is 67.9 Å². The molecule has 0 unspecified atom stereocenters. The Balaban J connectivity index is 2.25. The lowest BCUT2D eigenvalue weighted by molar-refractivity contribution is -0.143. The molecular weight excluding hydrogens is 496 g/mol. The standard InChI is InChI=1S/C24H30BrClN2O4/c1-6-20(23(30)27-24(2,3)4)28(14-16-7-10-18(31-5)11-8-16)22(29)15-32-21-12-9-17(25)13-19(21)26/h7-13,20H,6,14-15H2,1-5H3,(H,27,30)/t20-/m1/s1. The average molecular weight is 526 g/mol. The molecular formula is C24H30BrClN2O4. The summed E-state index contributed by atoms with van der Waals surface area (Å²) in [5.41, 5.74) is 0.462. The van der Waals surface area contributed by atoms with E-state index in [1.807, 2.05) is 52.0 Å². The number of hydrogen-bond acceptors (Lipinski definition) is 4. The fraction of sp³-hybridized carbons (Fsp3) is 0.417. The van der Waals surface area contributed by atoms with Crippen LogP contribution in [0.1, 0.15) is 39.7 Å². The smallest absolute Gasteiger partial charge is 0.261 e. The monoisotopic (exact) mass is 524 g/mol. The van der Waals surface area contributed by atoms with Crippen LogP contribution in [0, 0.1) is 0 Å². The SMILES string of the molecule is CC[C@H](C(=O)NC(C)(C)C)N(Cc1ccc(OC)cc1)C(=O)COc1ccc(Br)cc1Cl. The van der Waals surface area contributed by atoms with E-state index in [-0.39, 0.29) is 25.0 Å². The van der Waals surface area contributed by atoms with Crippen molar-refractivity contribution in [3.05, 3.63) is 57.5 Å². The van der Waals surface area contributed by atoms with Gasteiger partial charge in [0, 0.05) is 16.6 Å². The van der Waals surface area contributed by atoms with Gasteiger partial charge in [0.05, 0.1) is 12.1 Å². The molecule has 0 spiro atoms. The van der Waals surface area contributed by atoms with E-state index in [4.69, 9.17) is 21.1 Å². The van der Waals surface area contributed by atoms with E-state index in [1.54, 1.807) is 30.2 Å². The number of hydrogen-bond donors (Lipinski definition) is 1. The number of carbonyl (C=O) groups excluding carboxylic acids is 2. The average Bonchev–Trinajstić information content (AvgIpc) is 2.72. The van der Waals surface area contributed by atoms with Crippen LogP contribution in [0.4, 0.5) is 0 Å². The Labute approximate surface area is 203 Å². The molecule has 6 nitrogen and oxygen atoms in total. The van der Waals surface area contributed by atoms with Gasteiger partial charge < -0.3 is 19.7 Å². The van der Waals surface area contributed by atoms with Crippen molar-refractivity contribution >= 4 is 39.3 Å². The molecule has 1 atom stereocenters. The van der Waals surface area contributed by atoms with Crippen molar-refractivity contribution in [1.82, 2.24) is 10.2 Å². The minimum atomic E-state index is -0.646. The van der Waals surface area contributed by atoms with Crippen LogP contribution in [0.15, 0.2) is 46.9 Å². The lowest BCUT2D eigenvalue weighted by Crippen LogP contribution is -2.54. The summed E-state index contributed by atoms with van der Waals surface area (Å²) in [6.45, 7) is 7.63. The first-order valence-corrected chi connectivity index (χ1v) is 11.5. The van der Waals surface area contributed by atoms with E-state index in [1.165, 1.54) is 0 Å². The molecule has 0 radical (unpaired) electrons. The van der Waals surface area contributed by atoms with Gasteiger partial charge in [0.1, 0.15) is 17.5 Å². The second-order valence-electron chi connectivity index (χ2n) is 8.40.